The second-order valence-corrected chi connectivity index (χ2v) is 8.22. The Balaban J connectivity index is 1.95. The first-order valence-electron chi connectivity index (χ1n) is 7.75. The molecule has 0 atom stereocenters. The molecule has 1 saturated heterocycles. The number of nitrogens with one attached hydrogen (secondary N) is 1. The largest absolute Gasteiger partial charge is 0.339 e. The zero-order valence-electron chi connectivity index (χ0n) is 13.2. The number of anilines is 1. The number of hydrogen-bond donors (Lipinski definition) is 1. The van der Waals surface area contributed by atoms with Crippen molar-refractivity contribution in [3.8, 4) is 0 Å². The summed E-state index contributed by atoms with van der Waals surface area (Å²) in [6.45, 7) is 1.36. The highest BCUT2D eigenvalue weighted by Crippen LogP contribution is 2.28. The molecule has 132 valence electrons. The molecule has 0 bridgehead atoms. The maximum absolute atomic E-state index is 12.7. The third kappa shape index (κ3) is 3.92. The van der Waals surface area contributed by atoms with Crippen molar-refractivity contribution in [1.29, 1.82) is 0 Å². The molecule has 1 N–H and O–H groups in total. The van der Waals surface area contributed by atoms with Crippen molar-refractivity contribution in [3.05, 3.63) is 58.1 Å². The molecule has 25 heavy (non-hydrogen) atoms. The molecule has 0 saturated carbocycles. The topological polar surface area (TPSA) is 66.5 Å². The Labute approximate surface area is 156 Å². The van der Waals surface area contributed by atoms with Crippen LogP contribution in [0.1, 0.15) is 23.2 Å². The smallest absolute Gasteiger partial charge is 0.263 e. The molecular formula is C17H16Cl2N2O3S. The number of halogens is 2. The summed E-state index contributed by atoms with van der Waals surface area (Å²) in [5, 5.41) is 0.312. The van der Waals surface area contributed by atoms with E-state index in [1.165, 1.54) is 18.2 Å². The van der Waals surface area contributed by atoms with Crippen molar-refractivity contribution in [1.82, 2.24) is 4.90 Å². The second-order valence-electron chi connectivity index (χ2n) is 5.73. The Bertz CT molecular complexity index is 910. The number of benzene rings is 2. The van der Waals surface area contributed by atoms with E-state index < -0.39 is 10.0 Å². The van der Waals surface area contributed by atoms with Crippen molar-refractivity contribution in [3.63, 3.8) is 0 Å². The Morgan fingerprint density at radius 3 is 2.44 bits per heavy atom. The third-order valence-corrected chi connectivity index (χ3v) is 6.06. The van der Waals surface area contributed by atoms with E-state index in [9.17, 15) is 13.2 Å². The predicted molar refractivity (Wildman–Crippen MR) is 98.9 cm³/mol. The quantitative estimate of drug-likeness (QED) is 0.844. The van der Waals surface area contributed by atoms with E-state index in [1.54, 1.807) is 29.2 Å². The Hall–Kier alpha value is -1.76. The van der Waals surface area contributed by atoms with Gasteiger partial charge in [-0.3, -0.25) is 9.52 Å². The lowest BCUT2D eigenvalue weighted by atomic mass is 10.1. The lowest BCUT2D eigenvalue weighted by Crippen LogP contribution is -2.28. The van der Waals surface area contributed by atoms with Crippen LogP contribution in [0.4, 0.5) is 5.69 Å². The number of carbonyl (C=O) groups excluding carboxylic acids is 1. The Morgan fingerprint density at radius 2 is 1.72 bits per heavy atom. The first-order chi connectivity index (χ1) is 11.9. The number of sulfonamides is 1. The maximum Gasteiger partial charge on any atom is 0.263 e. The molecule has 1 aliphatic heterocycles. The third-order valence-electron chi connectivity index (χ3n) is 3.98. The number of para-hydroxylation sites is 1. The summed E-state index contributed by atoms with van der Waals surface area (Å²) in [7, 11) is -3.98. The van der Waals surface area contributed by atoms with Crippen molar-refractivity contribution in [2.45, 2.75) is 17.7 Å². The fourth-order valence-corrected chi connectivity index (χ4v) is 4.58. The van der Waals surface area contributed by atoms with Crippen molar-refractivity contribution >= 4 is 44.8 Å². The normalized spacial score (nSPS) is 14.6. The molecule has 0 aromatic heterocycles. The van der Waals surface area contributed by atoms with Gasteiger partial charge in [-0.1, -0.05) is 35.3 Å². The van der Waals surface area contributed by atoms with Crippen LogP contribution in [0.25, 0.3) is 0 Å². The summed E-state index contributed by atoms with van der Waals surface area (Å²) in [5.74, 6) is -0.187. The molecule has 3 rings (SSSR count). The lowest BCUT2D eigenvalue weighted by molar-refractivity contribution is 0.0794. The van der Waals surface area contributed by atoms with Gasteiger partial charge in [0, 0.05) is 18.1 Å². The fourth-order valence-electron chi connectivity index (χ4n) is 2.73. The Kier molecular flexibility index (Phi) is 5.22. The van der Waals surface area contributed by atoms with E-state index in [0.717, 1.165) is 12.8 Å². The molecule has 1 heterocycles. The van der Waals surface area contributed by atoms with Gasteiger partial charge in [0.05, 0.1) is 16.3 Å². The van der Waals surface area contributed by atoms with E-state index in [-0.39, 0.29) is 26.5 Å². The first kappa shape index (κ1) is 18.0. The van der Waals surface area contributed by atoms with Gasteiger partial charge >= 0.3 is 0 Å². The number of rotatable bonds is 4. The minimum absolute atomic E-state index is 0.0558. The van der Waals surface area contributed by atoms with Gasteiger partial charge in [0.1, 0.15) is 4.90 Å². The van der Waals surface area contributed by atoms with Crippen LogP contribution in [-0.4, -0.2) is 32.3 Å². The summed E-state index contributed by atoms with van der Waals surface area (Å²) in [6.07, 6.45) is 1.91. The van der Waals surface area contributed by atoms with Crippen LogP contribution >= 0.6 is 23.2 Å². The number of nitrogens with zero attached hydrogens (tertiary/aromatic N) is 1. The minimum Gasteiger partial charge on any atom is -0.339 e. The molecule has 0 aliphatic carbocycles. The zero-order chi connectivity index (χ0) is 18.0. The molecule has 1 aliphatic rings. The highest BCUT2D eigenvalue weighted by Gasteiger charge is 2.25. The molecule has 5 nitrogen and oxygen atoms in total. The van der Waals surface area contributed by atoms with E-state index in [4.69, 9.17) is 23.2 Å². The highest BCUT2D eigenvalue weighted by molar-refractivity contribution is 7.92. The van der Waals surface area contributed by atoms with Crippen LogP contribution in [0.2, 0.25) is 10.0 Å². The molecule has 0 unspecified atom stereocenters. The zero-order valence-corrected chi connectivity index (χ0v) is 15.5. The molecule has 1 amide bonds. The van der Waals surface area contributed by atoms with Crippen LogP contribution in [0.3, 0.4) is 0 Å². The molecule has 8 heteroatoms. The summed E-state index contributed by atoms with van der Waals surface area (Å²) in [4.78, 5) is 14.2. The average Bonchev–Trinajstić information content (AvgIpc) is 3.11. The van der Waals surface area contributed by atoms with Gasteiger partial charge in [0.2, 0.25) is 0 Å². The van der Waals surface area contributed by atoms with Crippen molar-refractivity contribution in [2.24, 2.45) is 0 Å². The van der Waals surface area contributed by atoms with Gasteiger partial charge in [-0.2, -0.15) is 0 Å². The van der Waals surface area contributed by atoms with Gasteiger partial charge in [-0.15, -0.1) is 0 Å². The molecule has 0 radical (unpaired) electrons. The molecule has 2 aromatic rings. The second kappa shape index (κ2) is 7.23. The van der Waals surface area contributed by atoms with Gasteiger partial charge in [-0.05, 0) is 43.2 Å². The van der Waals surface area contributed by atoms with Gasteiger partial charge in [0.15, 0.2) is 0 Å². The van der Waals surface area contributed by atoms with E-state index in [0.29, 0.717) is 18.7 Å². The van der Waals surface area contributed by atoms with Crippen LogP contribution in [0.5, 0.6) is 0 Å². The van der Waals surface area contributed by atoms with Crippen LogP contribution in [-0.2, 0) is 10.0 Å². The average molecular weight is 399 g/mol. The monoisotopic (exact) mass is 398 g/mol. The maximum atomic E-state index is 12.7. The fraction of sp³-hybridized carbons (Fsp3) is 0.235. The van der Waals surface area contributed by atoms with Gasteiger partial charge in [-0.25, -0.2) is 8.42 Å². The van der Waals surface area contributed by atoms with E-state index in [2.05, 4.69) is 4.72 Å². The SMILES string of the molecule is O=C(c1ccccc1NS(=O)(=O)c1cc(Cl)ccc1Cl)N1CCCC1. The van der Waals surface area contributed by atoms with Crippen LogP contribution in [0.15, 0.2) is 47.4 Å². The number of carbonyl (C=O) groups is 1. The van der Waals surface area contributed by atoms with Crippen molar-refractivity contribution in [2.75, 3.05) is 17.8 Å². The number of amides is 1. The summed E-state index contributed by atoms with van der Waals surface area (Å²) < 4.78 is 27.8. The van der Waals surface area contributed by atoms with E-state index in [1.807, 2.05) is 0 Å². The van der Waals surface area contributed by atoms with Crippen LogP contribution in [0, 0.1) is 0 Å². The van der Waals surface area contributed by atoms with Crippen molar-refractivity contribution < 1.29 is 13.2 Å². The number of hydrogen-bond acceptors (Lipinski definition) is 3. The minimum atomic E-state index is -3.98. The summed E-state index contributed by atoms with van der Waals surface area (Å²) in [6, 6.07) is 10.7. The Morgan fingerprint density at radius 1 is 1.04 bits per heavy atom. The first-order valence-corrected chi connectivity index (χ1v) is 9.98. The van der Waals surface area contributed by atoms with E-state index >= 15 is 0 Å². The molecule has 2 aromatic carbocycles. The van der Waals surface area contributed by atoms with Gasteiger partial charge in [0.25, 0.3) is 15.9 Å². The summed E-state index contributed by atoms with van der Waals surface area (Å²) >= 11 is 11.9. The van der Waals surface area contributed by atoms with Gasteiger partial charge < -0.3 is 4.90 Å². The molecule has 0 spiro atoms. The van der Waals surface area contributed by atoms with Crippen LogP contribution < -0.4 is 4.72 Å². The summed E-state index contributed by atoms with van der Waals surface area (Å²) in [5.41, 5.74) is 0.529. The standard InChI is InChI=1S/C17H16Cl2N2O3S/c18-12-7-8-14(19)16(11-12)25(23,24)20-15-6-2-1-5-13(15)17(22)21-9-3-4-10-21/h1-2,5-8,11,20H,3-4,9-10H2. The highest BCUT2D eigenvalue weighted by atomic mass is 35.5. The lowest BCUT2D eigenvalue weighted by Gasteiger charge is -2.18. The number of likely N-dealkylation sites (tertiary alicyclic amines) is 1. The predicted octanol–water partition coefficient (Wildman–Crippen LogP) is 4.03. The molecule has 1 fully saturated rings. The molecular weight excluding hydrogens is 383 g/mol.